The fourth-order valence-corrected chi connectivity index (χ4v) is 2.13. The monoisotopic (exact) mass is 211 g/mol. The van der Waals surface area contributed by atoms with E-state index in [0.717, 1.165) is 18.9 Å². The number of hydrogen-bond donors (Lipinski definition) is 1. The molecule has 0 saturated carbocycles. The molecule has 0 aromatic carbocycles. The van der Waals surface area contributed by atoms with Gasteiger partial charge >= 0.3 is 0 Å². The summed E-state index contributed by atoms with van der Waals surface area (Å²) in [6.07, 6.45) is 2.43. The molecule has 0 radical (unpaired) electrons. The Labute approximate surface area is 91.5 Å². The highest BCUT2D eigenvalue weighted by Gasteiger charge is 2.03. The summed E-state index contributed by atoms with van der Waals surface area (Å²) in [6, 6.07) is 2.81. The van der Waals surface area contributed by atoms with Crippen LogP contribution >= 0.6 is 11.3 Å². The molecule has 0 saturated heterocycles. The molecule has 0 aliphatic rings. The first-order chi connectivity index (χ1) is 6.68. The average molecular weight is 211 g/mol. The summed E-state index contributed by atoms with van der Waals surface area (Å²) in [5.41, 5.74) is 1.46. The molecule has 1 aromatic heterocycles. The van der Waals surface area contributed by atoms with E-state index in [1.165, 1.54) is 12.0 Å². The summed E-state index contributed by atoms with van der Waals surface area (Å²) in [5, 5.41) is 7.94. The fraction of sp³-hybridized carbons (Fsp3) is 0.667. The highest BCUT2D eigenvalue weighted by Crippen LogP contribution is 2.08. The van der Waals surface area contributed by atoms with Gasteiger partial charge in [0.15, 0.2) is 0 Å². The van der Waals surface area contributed by atoms with E-state index in [1.807, 2.05) is 0 Å². The van der Waals surface area contributed by atoms with Crippen molar-refractivity contribution in [2.24, 2.45) is 5.92 Å². The zero-order valence-corrected chi connectivity index (χ0v) is 10.2. The molecule has 0 spiro atoms. The van der Waals surface area contributed by atoms with Crippen LogP contribution in [0.15, 0.2) is 16.8 Å². The Bertz CT molecular complexity index is 228. The van der Waals surface area contributed by atoms with Crippen LogP contribution in [0.3, 0.4) is 0 Å². The average Bonchev–Trinajstić information content (AvgIpc) is 2.56. The minimum Gasteiger partial charge on any atom is -0.314 e. The van der Waals surface area contributed by atoms with Crippen molar-refractivity contribution in [2.45, 2.75) is 39.7 Å². The third-order valence-corrected chi connectivity index (χ3v) is 3.07. The van der Waals surface area contributed by atoms with E-state index in [4.69, 9.17) is 0 Å². The van der Waals surface area contributed by atoms with Crippen LogP contribution in [0.2, 0.25) is 0 Å². The molecule has 80 valence electrons. The number of hydrogen-bond acceptors (Lipinski definition) is 2. The van der Waals surface area contributed by atoms with Gasteiger partial charge in [-0.25, -0.2) is 0 Å². The lowest BCUT2D eigenvalue weighted by molar-refractivity contribution is 0.485. The zero-order chi connectivity index (χ0) is 10.4. The van der Waals surface area contributed by atoms with Gasteiger partial charge in [0.1, 0.15) is 0 Å². The molecule has 1 nitrogen and oxygen atoms in total. The topological polar surface area (TPSA) is 12.0 Å². The van der Waals surface area contributed by atoms with Crippen LogP contribution in [-0.4, -0.2) is 12.6 Å². The van der Waals surface area contributed by atoms with Gasteiger partial charge < -0.3 is 5.32 Å². The van der Waals surface area contributed by atoms with Gasteiger partial charge in [0.2, 0.25) is 0 Å². The zero-order valence-electron chi connectivity index (χ0n) is 9.42. The molecule has 1 N–H and O–H groups in total. The minimum absolute atomic E-state index is 0.600. The lowest BCUT2D eigenvalue weighted by Crippen LogP contribution is -2.29. The van der Waals surface area contributed by atoms with Gasteiger partial charge in [-0.2, -0.15) is 11.3 Å². The molecule has 1 unspecified atom stereocenters. The Morgan fingerprint density at radius 3 is 2.71 bits per heavy atom. The van der Waals surface area contributed by atoms with Crippen LogP contribution in [0.1, 0.15) is 32.8 Å². The molecule has 0 amide bonds. The van der Waals surface area contributed by atoms with Gasteiger partial charge in [0, 0.05) is 6.04 Å². The standard InChI is InChI=1S/C12H21NS/c1-10(2)4-6-13-11(3)8-12-5-7-14-9-12/h5,7,9-11,13H,4,6,8H2,1-3H3. The SMILES string of the molecule is CC(C)CCNC(C)Cc1ccsc1. The van der Waals surface area contributed by atoms with Crippen molar-refractivity contribution in [3.63, 3.8) is 0 Å². The van der Waals surface area contributed by atoms with Gasteiger partial charge in [0.05, 0.1) is 0 Å². The van der Waals surface area contributed by atoms with E-state index >= 15 is 0 Å². The predicted molar refractivity (Wildman–Crippen MR) is 64.9 cm³/mol. The normalized spacial score (nSPS) is 13.4. The summed E-state index contributed by atoms with van der Waals surface area (Å²) in [5.74, 6) is 0.802. The summed E-state index contributed by atoms with van der Waals surface area (Å²) in [6.45, 7) is 7.94. The quantitative estimate of drug-likeness (QED) is 0.761. The minimum atomic E-state index is 0.600. The van der Waals surface area contributed by atoms with Crippen molar-refractivity contribution in [1.29, 1.82) is 0 Å². The molecule has 2 heteroatoms. The maximum atomic E-state index is 3.56. The Hall–Kier alpha value is -0.340. The third-order valence-electron chi connectivity index (χ3n) is 2.34. The molecule has 1 rings (SSSR count). The fourth-order valence-electron chi connectivity index (χ4n) is 1.45. The Kier molecular flexibility index (Phi) is 5.20. The molecule has 14 heavy (non-hydrogen) atoms. The van der Waals surface area contributed by atoms with Crippen molar-refractivity contribution in [1.82, 2.24) is 5.32 Å². The maximum absolute atomic E-state index is 3.56. The molecular formula is C12H21NS. The molecule has 0 bridgehead atoms. The Morgan fingerprint density at radius 1 is 1.36 bits per heavy atom. The van der Waals surface area contributed by atoms with Crippen molar-refractivity contribution in [3.05, 3.63) is 22.4 Å². The van der Waals surface area contributed by atoms with Gasteiger partial charge in [-0.3, -0.25) is 0 Å². The van der Waals surface area contributed by atoms with Crippen LogP contribution in [0.5, 0.6) is 0 Å². The van der Waals surface area contributed by atoms with Gasteiger partial charge in [-0.15, -0.1) is 0 Å². The second kappa shape index (κ2) is 6.20. The van der Waals surface area contributed by atoms with Gasteiger partial charge in [-0.05, 0) is 54.6 Å². The smallest absolute Gasteiger partial charge is 0.00794 e. The highest BCUT2D eigenvalue weighted by atomic mass is 32.1. The van der Waals surface area contributed by atoms with Crippen molar-refractivity contribution in [2.75, 3.05) is 6.54 Å². The highest BCUT2D eigenvalue weighted by molar-refractivity contribution is 7.07. The van der Waals surface area contributed by atoms with E-state index in [2.05, 4.69) is 42.9 Å². The molecule has 0 aliphatic carbocycles. The summed E-state index contributed by atoms with van der Waals surface area (Å²) in [4.78, 5) is 0. The molecular weight excluding hydrogens is 190 g/mol. The lowest BCUT2D eigenvalue weighted by Gasteiger charge is -2.13. The summed E-state index contributed by atoms with van der Waals surface area (Å²) in [7, 11) is 0. The van der Waals surface area contributed by atoms with Gasteiger partial charge in [0.25, 0.3) is 0 Å². The molecule has 1 atom stereocenters. The largest absolute Gasteiger partial charge is 0.314 e. The van der Waals surface area contributed by atoms with E-state index in [9.17, 15) is 0 Å². The van der Waals surface area contributed by atoms with E-state index in [-0.39, 0.29) is 0 Å². The second-order valence-electron chi connectivity index (χ2n) is 4.37. The number of rotatable bonds is 6. The van der Waals surface area contributed by atoms with Crippen molar-refractivity contribution < 1.29 is 0 Å². The predicted octanol–water partition coefficient (Wildman–Crippen LogP) is 3.31. The Balaban J connectivity index is 2.13. The molecule has 1 aromatic rings. The Morgan fingerprint density at radius 2 is 2.14 bits per heavy atom. The van der Waals surface area contributed by atoms with E-state index in [0.29, 0.717) is 6.04 Å². The van der Waals surface area contributed by atoms with Crippen molar-refractivity contribution >= 4 is 11.3 Å². The van der Waals surface area contributed by atoms with E-state index in [1.54, 1.807) is 11.3 Å². The number of thiophene rings is 1. The van der Waals surface area contributed by atoms with Crippen LogP contribution in [0, 0.1) is 5.92 Å². The molecule has 0 fully saturated rings. The van der Waals surface area contributed by atoms with Crippen LogP contribution in [0.25, 0.3) is 0 Å². The van der Waals surface area contributed by atoms with Crippen LogP contribution in [-0.2, 0) is 6.42 Å². The maximum Gasteiger partial charge on any atom is 0.00794 e. The lowest BCUT2D eigenvalue weighted by atomic mass is 10.1. The first-order valence-corrected chi connectivity index (χ1v) is 6.37. The first kappa shape index (κ1) is 11.7. The summed E-state index contributed by atoms with van der Waals surface area (Å²) >= 11 is 1.78. The summed E-state index contributed by atoms with van der Waals surface area (Å²) < 4.78 is 0. The second-order valence-corrected chi connectivity index (χ2v) is 5.15. The van der Waals surface area contributed by atoms with Gasteiger partial charge in [-0.1, -0.05) is 13.8 Å². The van der Waals surface area contributed by atoms with Crippen LogP contribution < -0.4 is 5.32 Å². The van der Waals surface area contributed by atoms with Crippen molar-refractivity contribution in [3.8, 4) is 0 Å². The molecule has 1 heterocycles. The number of nitrogens with one attached hydrogen (secondary N) is 1. The van der Waals surface area contributed by atoms with E-state index < -0.39 is 0 Å². The first-order valence-electron chi connectivity index (χ1n) is 5.43. The third kappa shape index (κ3) is 4.77. The van der Waals surface area contributed by atoms with Crippen LogP contribution in [0.4, 0.5) is 0 Å². The molecule has 0 aliphatic heterocycles.